The lowest BCUT2D eigenvalue weighted by atomic mass is 10.1. The summed E-state index contributed by atoms with van der Waals surface area (Å²) in [7, 11) is 3.90. The maximum absolute atomic E-state index is 12.1. The van der Waals surface area contributed by atoms with Crippen LogP contribution in [0.3, 0.4) is 0 Å². The van der Waals surface area contributed by atoms with Crippen LogP contribution >= 0.6 is 0 Å². The normalized spacial score (nSPS) is 13.9. The molecule has 0 aliphatic carbocycles. The highest BCUT2D eigenvalue weighted by Gasteiger charge is 2.12. The van der Waals surface area contributed by atoms with Crippen molar-refractivity contribution in [1.29, 1.82) is 0 Å². The number of anilines is 2. The minimum Gasteiger partial charge on any atom is -0.363 e. The van der Waals surface area contributed by atoms with Crippen molar-refractivity contribution in [1.82, 2.24) is 20.6 Å². The van der Waals surface area contributed by atoms with Crippen LogP contribution in [0, 0.1) is 0 Å². The predicted molar refractivity (Wildman–Crippen MR) is 108 cm³/mol. The number of pyridine rings is 2. The summed E-state index contributed by atoms with van der Waals surface area (Å²) in [5.41, 5.74) is 2.02. The Kier molecular flexibility index (Phi) is 6.46. The van der Waals surface area contributed by atoms with Gasteiger partial charge >= 0.3 is 6.03 Å². The first kappa shape index (κ1) is 18.9. The molecule has 3 rings (SSSR count). The number of urea groups is 1. The van der Waals surface area contributed by atoms with Crippen LogP contribution < -0.4 is 20.4 Å². The molecule has 27 heavy (non-hydrogen) atoms. The number of nitrogens with one attached hydrogen (secondary N) is 2. The molecule has 2 N–H and O–H groups in total. The van der Waals surface area contributed by atoms with E-state index in [1.165, 1.54) is 19.3 Å². The number of piperidine rings is 1. The monoisotopic (exact) mass is 368 g/mol. The van der Waals surface area contributed by atoms with Gasteiger partial charge in [-0.15, -0.1) is 0 Å². The molecule has 144 valence electrons. The van der Waals surface area contributed by atoms with E-state index in [0.717, 1.165) is 35.9 Å². The Morgan fingerprint density at radius 1 is 1.04 bits per heavy atom. The van der Waals surface area contributed by atoms with Crippen molar-refractivity contribution < 1.29 is 4.79 Å². The van der Waals surface area contributed by atoms with E-state index in [4.69, 9.17) is 0 Å². The van der Waals surface area contributed by atoms with E-state index < -0.39 is 0 Å². The average molecular weight is 368 g/mol. The summed E-state index contributed by atoms with van der Waals surface area (Å²) in [6, 6.07) is 7.72. The molecule has 1 aliphatic rings. The average Bonchev–Trinajstić information content (AvgIpc) is 2.72. The highest BCUT2D eigenvalue weighted by molar-refractivity contribution is 5.73. The number of carbonyl (C=O) groups excluding carboxylic acids is 1. The second-order valence-corrected chi connectivity index (χ2v) is 7.03. The Bertz CT molecular complexity index is 740. The molecule has 2 aromatic rings. The summed E-state index contributed by atoms with van der Waals surface area (Å²) in [6.45, 7) is 3.05. The standard InChI is InChI=1S/C20H28N6O/c1-25(2)18-7-6-17(14-22-18)15-24-20(27)23-13-16-8-9-21-19(12-16)26-10-4-3-5-11-26/h6-9,12,14H,3-5,10-11,13,15H2,1-2H3,(H2,23,24,27). The highest BCUT2D eigenvalue weighted by atomic mass is 16.2. The van der Waals surface area contributed by atoms with Gasteiger partial charge in [0.2, 0.25) is 0 Å². The fourth-order valence-electron chi connectivity index (χ4n) is 3.08. The predicted octanol–water partition coefficient (Wildman–Crippen LogP) is 2.53. The summed E-state index contributed by atoms with van der Waals surface area (Å²) in [6.07, 6.45) is 7.33. The lowest BCUT2D eigenvalue weighted by Gasteiger charge is -2.27. The Morgan fingerprint density at radius 3 is 2.44 bits per heavy atom. The van der Waals surface area contributed by atoms with Crippen LogP contribution in [-0.4, -0.2) is 43.2 Å². The number of aromatic nitrogens is 2. The summed E-state index contributed by atoms with van der Waals surface area (Å²) in [5.74, 6) is 1.90. The molecule has 1 fully saturated rings. The fraction of sp³-hybridized carbons (Fsp3) is 0.450. The van der Waals surface area contributed by atoms with Crippen LogP contribution in [0.1, 0.15) is 30.4 Å². The van der Waals surface area contributed by atoms with Gasteiger partial charge in [-0.3, -0.25) is 0 Å². The van der Waals surface area contributed by atoms with Crippen molar-refractivity contribution in [2.45, 2.75) is 32.4 Å². The Labute approximate surface area is 160 Å². The molecule has 7 heteroatoms. The number of carbonyl (C=O) groups is 1. The molecule has 0 spiro atoms. The van der Waals surface area contributed by atoms with Gasteiger partial charge < -0.3 is 20.4 Å². The van der Waals surface area contributed by atoms with Crippen molar-refractivity contribution in [3.63, 3.8) is 0 Å². The first-order valence-electron chi connectivity index (χ1n) is 9.45. The summed E-state index contributed by atoms with van der Waals surface area (Å²) in [5, 5.41) is 5.77. The van der Waals surface area contributed by atoms with Crippen LogP contribution in [0.5, 0.6) is 0 Å². The summed E-state index contributed by atoms with van der Waals surface area (Å²) in [4.78, 5) is 25.2. The zero-order valence-corrected chi connectivity index (χ0v) is 16.1. The van der Waals surface area contributed by atoms with Gasteiger partial charge in [0.15, 0.2) is 0 Å². The van der Waals surface area contributed by atoms with Crippen molar-refractivity contribution in [3.05, 3.63) is 47.8 Å². The number of hydrogen-bond acceptors (Lipinski definition) is 5. The van der Waals surface area contributed by atoms with Crippen molar-refractivity contribution in [2.75, 3.05) is 37.0 Å². The van der Waals surface area contributed by atoms with Crippen molar-refractivity contribution in [2.24, 2.45) is 0 Å². The molecule has 1 saturated heterocycles. The van der Waals surface area contributed by atoms with Gasteiger partial charge in [0.05, 0.1) is 0 Å². The quantitative estimate of drug-likeness (QED) is 0.820. The van der Waals surface area contributed by atoms with E-state index in [2.05, 4.69) is 31.6 Å². The molecule has 3 heterocycles. The molecule has 0 radical (unpaired) electrons. The molecule has 0 atom stereocenters. The highest BCUT2D eigenvalue weighted by Crippen LogP contribution is 2.18. The molecular formula is C20H28N6O. The van der Waals surface area contributed by atoms with E-state index in [1.54, 1.807) is 6.20 Å². The van der Waals surface area contributed by atoms with Crippen LogP contribution in [0.15, 0.2) is 36.7 Å². The second kappa shape index (κ2) is 9.21. The Hall–Kier alpha value is -2.83. The number of nitrogens with zero attached hydrogens (tertiary/aromatic N) is 4. The third kappa shape index (κ3) is 5.57. The van der Waals surface area contributed by atoms with E-state index in [0.29, 0.717) is 13.1 Å². The maximum atomic E-state index is 12.1. The van der Waals surface area contributed by atoms with Gasteiger partial charge in [0.25, 0.3) is 0 Å². The van der Waals surface area contributed by atoms with Crippen LogP contribution in [0.25, 0.3) is 0 Å². The van der Waals surface area contributed by atoms with Gasteiger partial charge in [0.1, 0.15) is 11.6 Å². The van der Waals surface area contributed by atoms with E-state index in [1.807, 2.05) is 43.4 Å². The maximum Gasteiger partial charge on any atom is 0.315 e. The first-order chi connectivity index (χ1) is 13.1. The zero-order chi connectivity index (χ0) is 19.1. The molecule has 0 aromatic carbocycles. The topological polar surface area (TPSA) is 73.4 Å². The molecule has 0 bridgehead atoms. The molecule has 0 unspecified atom stereocenters. The van der Waals surface area contributed by atoms with Gasteiger partial charge in [-0.25, -0.2) is 14.8 Å². The first-order valence-corrected chi connectivity index (χ1v) is 9.45. The van der Waals surface area contributed by atoms with Gasteiger partial charge in [-0.2, -0.15) is 0 Å². The second-order valence-electron chi connectivity index (χ2n) is 7.03. The summed E-state index contributed by atoms with van der Waals surface area (Å²) < 4.78 is 0. The minimum atomic E-state index is -0.192. The fourth-order valence-corrected chi connectivity index (χ4v) is 3.08. The molecule has 1 aliphatic heterocycles. The molecule has 0 saturated carbocycles. The number of amides is 2. The van der Waals surface area contributed by atoms with Gasteiger partial charge in [-0.05, 0) is 48.6 Å². The molecule has 7 nitrogen and oxygen atoms in total. The van der Waals surface area contributed by atoms with Crippen LogP contribution in [-0.2, 0) is 13.1 Å². The smallest absolute Gasteiger partial charge is 0.315 e. The van der Waals surface area contributed by atoms with Crippen LogP contribution in [0.4, 0.5) is 16.4 Å². The third-order valence-electron chi connectivity index (χ3n) is 4.66. The van der Waals surface area contributed by atoms with E-state index >= 15 is 0 Å². The van der Waals surface area contributed by atoms with E-state index in [-0.39, 0.29) is 6.03 Å². The SMILES string of the molecule is CN(C)c1ccc(CNC(=O)NCc2ccnc(N3CCCCC3)c2)cn1. The Morgan fingerprint density at radius 2 is 1.78 bits per heavy atom. The zero-order valence-electron chi connectivity index (χ0n) is 16.1. The third-order valence-corrected chi connectivity index (χ3v) is 4.66. The van der Waals surface area contributed by atoms with Crippen molar-refractivity contribution in [3.8, 4) is 0 Å². The van der Waals surface area contributed by atoms with E-state index in [9.17, 15) is 4.79 Å². The van der Waals surface area contributed by atoms with Crippen LogP contribution in [0.2, 0.25) is 0 Å². The molecule has 2 aromatic heterocycles. The largest absolute Gasteiger partial charge is 0.363 e. The van der Waals surface area contributed by atoms with Crippen molar-refractivity contribution >= 4 is 17.7 Å². The lowest BCUT2D eigenvalue weighted by Crippen LogP contribution is -2.34. The number of rotatable bonds is 6. The molecular weight excluding hydrogens is 340 g/mol. The molecule has 2 amide bonds. The lowest BCUT2D eigenvalue weighted by molar-refractivity contribution is 0.240. The number of hydrogen-bond donors (Lipinski definition) is 2. The van der Waals surface area contributed by atoms with Gasteiger partial charge in [0, 0.05) is 52.7 Å². The minimum absolute atomic E-state index is 0.192. The van der Waals surface area contributed by atoms with Gasteiger partial charge in [-0.1, -0.05) is 6.07 Å². The Balaban J connectivity index is 1.46. The summed E-state index contributed by atoms with van der Waals surface area (Å²) >= 11 is 0.